The van der Waals surface area contributed by atoms with Gasteiger partial charge in [0, 0.05) is 10.8 Å². The van der Waals surface area contributed by atoms with E-state index in [0.29, 0.717) is 26.9 Å². The third-order valence-electron chi connectivity index (χ3n) is 3.08. The maximum Gasteiger partial charge on any atom is 0.358 e. The second kappa shape index (κ2) is 5.65. The van der Waals surface area contributed by atoms with Crippen molar-refractivity contribution in [3.8, 4) is 17.2 Å². The lowest BCUT2D eigenvalue weighted by Crippen LogP contribution is -2.01. The van der Waals surface area contributed by atoms with E-state index in [1.54, 1.807) is 30.3 Å². The van der Waals surface area contributed by atoms with Crippen molar-refractivity contribution in [1.82, 2.24) is 4.98 Å². The van der Waals surface area contributed by atoms with Crippen LogP contribution in [0, 0.1) is 0 Å². The van der Waals surface area contributed by atoms with Gasteiger partial charge in [-0.05, 0) is 46.3 Å². The minimum atomic E-state index is -1.30. The van der Waals surface area contributed by atoms with E-state index in [9.17, 15) is 9.90 Å². The molecule has 6 heteroatoms. The molecule has 0 aliphatic rings. The lowest BCUT2D eigenvalue weighted by atomic mass is 10.1. The third kappa shape index (κ3) is 2.60. The number of carboxylic acid groups (broad SMARTS) is 1. The zero-order valence-corrected chi connectivity index (χ0v) is 12.7. The summed E-state index contributed by atoms with van der Waals surface area (Å²) in [7, 11) is 0. The van der Waals surface area contributed by atoms with Crippen molar-refractivity contribution in [2.45, 2.75) is 0 Å². The van der Waals surface area contributed by atoms with E-state index in [1.807, 2.05) is 18.2 Å². The molecule has 0 saturated carbocycles. The van der Waals surface area contributed by atoms with E-state index < -0.39 is 11.7 Å². The van der Waals surface area contributed by atoms with Gasteiger partial charge in [-0.15, -0.1) is 0 Å². The number of pyridine rings is 1. The number of carbonyl (C=O) groups is 1. The minimum Gasteiger partial charge on any atom is -0.505 e. The van der Waals surface area contributed by atoms with E-state index >= 15 is 0 Å². The Balaban J connectivity index is 2.12. The van der Waals surface area contributed by atoms with Gasteiger partial charge in [0.1, 0.15) is 16.1 Å². The molecule has 3 rings (SSSR count). The van der Waals surface area contributed by atoms with Gasteiger partial charge in [-0.25, -0.2) is 9.78 Å². The molecule has 1 heterocycles. The Morgan fingerprint density at radius 3 is 2.45 bits per heavy atom. The number of rotatable bonds is 3. The second-order valence-corrected chi connectivity index (χ2v) is 5.28. The molecule has 0 atom stereocenters. The predicted molar refractivity (Wildman–Crippen MR) is 84.6 cm³/mol. The highest BCUT2D eigenvalue weighted by atomic mass is 79.9. The first kappa shape index (κ1) is 14.3. The number of fused-ring (bicyclic) bond motifs is 1. The van der Waals surface area contributed by atoms with Gasteiger partial charge in [-0.3, -0.25) is 0 Å². The van der Waals surface area contributed by atoms with Gasteiger partial charge in [0.05, 0.1) is 0 Å². The Bertz CT molecular complexity index is 865. The van der Waals surface area contributed by atoms with Crippen molar-refractivity contribution in [3.63, 3.8) is 0 Å². The lowest BCUT2D eigenvalue weighted by Gasteiger charge is -2.09. The van der Waals surface area contributed by atoms with E-state index in [1.165, 1.54) is 0 Å². The summed E-state index contributed by atoms with van der Waals surface area (Å²) in [5, 5.41) is 20.1. The molecule has 3 aromatic rings. The second-order valence-electron chi connectivity index (χ2n) is 4.53. The molecule has 5 nitrogen and oxygen atoms in total. The summed E-state index contributed by atoms with van der Waals surface area (Å²) in [6, 6.07) is 14.2. The lowest BCUT2D eigenvalue weighted by molar-refractivity contribution is 0.0687. The maximum absolute atomic E-state index is 11.1. The predicted octanol–water partition coefficient (Wildman–Crippen LogP) is 4.19. The van der Waals surface area contributed by atoms with Crippen LogP contribution in [0.3, 0.4) is 0 Å². The first-order valence-corrected chi connectivity index (χ1v) is 7.14. The largest absolute Gasteiger partial charge is 0.505 e. The molecule has 0 radical (unpaired) electrons. The van der Waals surface area contributed by atoms with Crippen LogP contribution in [-0.4, -0.2) is 21.2 Å². The van der Waals surface area contributed by atoms with Crippen LogP contribution in [0.25, 0.3) is 10.8 Å². The number of nitrogens with zero attached hydrogens (tertiary/aromatic N) is 1. The highest BCUT2D eigenvalue weighted by molar-refractivity contribution is 9.10. The van der Waals surface area contributed by atoms with E-state index in [-0.39, 0.29) is 5.75 Å². The Kier molecular flexibility index (Phi) is 3.68. The fraction of sp³-hybridized carbons (Fsp3) is 0. The smallest absolute Gasteiger partial charge is 0.358 e. The third-order valence-corrected chi connectivity index (χ3v) is 3.69. The average Bonchev–Trinajstić information content (AvgIpc) is 2.51. The average molecular weight is 360 g/mol. The number of aromatic nitrogens is 1. The molecule has 0 saturated heterocycles. The van der Waals surface area contributed by atoms with E-state index in [0.717, 1.165) is 0 Å². The van der Waals surface area contributed by atoms with Crippen molar-refractivity contribution in [2.24, 2.45) is 0 Å². The van der Waals surface area contributed by atoms with Crippen LogP contribution in [0.5, 0.6) is 17.2 Å². The van der Waals surface area contributed by atoms with Crippen LogP contribution >= 0.6 is 15.9 Å². The quantitative estimate of drug-likeness (QED) is 0.685. The number of hydrogen-bond acceptors (Lipinski definition) is 4. The van der Waals surface area contributed by atoms with Crippen molar-refractivity contribution >= 4 is 32.7 Å². The maximum atomic E-state index is 11.1. The Morgan fingerprint density at radius 2 is 1.77 bits per heavy atom. The minimum absolute atomic E-state index is 0.351. The van der Waals surface area contributed by atoms with Gasteiger partial charge in [0.25, 0.3) is 0 Å². The van der Waals surface area contributed by atoms with Crippen molar-refractivity contribution in [1.29, 1.82) is 0 Å². The summed E-state index contributed by atoms with van der Waals surface area (Å²) in [6.07, 6.45) is 0. The molecule has 0 aliphatic heterocycles. The summed E-state index contributed by atoms with van der Waals surface area (Å²) in [5.41, 5.74) is -0.406. The van der Waals surface area contributed by atoms with Crippen molar-refractivity contribution in [2.75, 3.05) is 0 Å². The number of aromatic carboxylic acids is 1. The number of hydrogen-bond donors (Lipinski definition) is 2. The van der Waals surface area contributed by atoms with Gasteiger partial charge in [-0.2, -0.15) is 0 Å². The summed E-state index contributed by atoms with van der Waals surface area (Å²) in [6.45, 7) is 0. The van der Waals surface area contributed by atoms with Crippen LogP contribution in [0.4, 0.5) is 0 Å². The number of aromatic hydroxyl groups is 1. The first-order valence-electron chi connectivity index (χ1n) is 6.34. The molecular formula is C16H10BrNO4. The molecule has 2 N–H and O–H groups in total. The van der Waals surface area contributed by atoms with Crippen LogP contribution in [0.15, 0.2) is 53.1 Å². The fourth-order valence-electron chi connectivity index (χ4n) is 2.08. The SMILES string of the molecule is O=C(O)c1nc(Br)c2ccc(Oc3ccccc3)cc2c1O. The summed E-state index contributed by atoms with van der Waals surface area (Å²) in [5.74, 6) is -0.546. The monoisotopic (exact) mass is 359 g/mol. The first-order chi connectivity index (χ1) is 10.6. The molecule has 0 unspecified atom stereocenters. The topological polar surface area (TPSA) is 79.7 Å². The molecule has 110 valence electrons. The Labute approximate surface area is 133 Å². The van der Waals surface area contributed by atoms with Gasteiger partial charge < -0.3 is 14.9 Å². The molecule has 22 heavy (non-hydrogen) atoms. The molecule has 1 aromatic heterocycles. The molecule has 0 bridgehead atoms. The molecule has 0 fully saturated rings. The molecule has 2 aromatic carbocycles. The summed E-state index contributed by atoms with van der Waals surface area (Å²) in [4.78, 5) is 15.0. The number of benzene rings is 2. The summed E-state index contributed by atoms with van der Waals surface area (Å²) >= 11 is 3.22. The summed E-state index contributed by atoms with van der Waals surface area (Å²) < 4.78 is 6.04. The van der Waals surface area contributed by atoms with Crippen LogP contribution in [0.1, 0.15) is 10.5 Å². The number of para-hydroxylation sites is 1. The molecular weight excluding hydrogens is 350 g/mol. The van der Waals surface area contributed by atoms with Gasteiger partial charge in [-0.1, -0.05) is 18.2 Å². The van der Waals surface area contributed by atoms with Gasteiger partial charge in [0.15, 0.2) is 11.4 Å². The molecule has 0 amide bonds. The highest BCUT2D eigenvalue weighted by Gasteiger charge is 2.18. The van der Waals surface area contributed by atoms with E-state index in [2.05, 4.69) is 20.9 Å². The Hall–Kier alpha value is -2.60. The molecule has 0 spiro atoms. The number of ether oxygens (including phenoxy) is 1. The van der Waals surface area contributed by atoms with E-state index in [4.69, 9.17) is 9.84 Å². The number of carboxylic acids is 1. The fourth-order valence-corrected chi connectivity index (χ4v) is 2.60. The zero-order chi connectivity index (χ0) is 15.7. The molecule has 0 aliphatic carbocycles. The van der Waals surface area contributed by atoms with Crippen molar-refractivity contribution < 1.29 is 19.7 Å². The number of halogens is 1. The van der Waals surface area contributed by atoms with Gasteiger partial charge >= 0.3 is 5.97 Å². The van der Waals surface area contributed by atoms with Crippen LogP contribution in [-0.2, 0) is 0 Å². The van der Waals surface area contributed by atoms with Crippen molar-refractivity contribution in [3.05, 3.63) is 58.8 Å². The highest BCUT2D eigenvalue weighted by Crippen LogP contribution is 2.35. The Morgan fingerprint density at radius 1 is 1.05 bits per heavy atom. The van der Waals surface area contributed by atoms with Crippen LogP contribution < -0.4 is 4.74 Å². The standard InChI is InChI=1S/C16H10BrNO4/c17-15-11-7-6-10(22-9-4-2-1-3-5-9)8-12(11)14(19)13(18-15)16(20)21/h1-8,19H,(H,20,21). The zero-order valence-electron chi connectivity index (χ0n) is 11.2. The van der Waals surface area contributed by atoms with Gasteiger partial charge in [0.2, 0.25) is 0 Å². The van der Waals surface area contributed by atoms with Crippen LogP contribution in [0.2, 0.25) is 0 Å². The normalized spacial score (nSPS) is 10.6.